The number of hydrogen-bond donors (Lipinski definition) is 1. The molecule has 84 valence electrons. The third-order valence-corrected chi connectivity index (χ3v) is 2.56. The van der Waals surface area contributed by atoms with E-state index in [0.29, 0.717) is 5.82 Å². The maximum atomic E-state index is 5.80. The van der Waals surface area contributed by atoms with Crippen molar-refractivity contribution in [1.29, 1.82) is 0 Å². The van der Waals surface area contributed by atoms with Gasteiger partial charge in [-0.25, -0.2) is 4.68 Å². The van der Waals surface area contributed by atoms with Gasteiger partial charge in [0, 0.05) is 0 Å². The highest BCUT2D eigenvalue weighted by Gasteiger charge is 2.10. The number of nitrogen functional groups attached to an aromatic ring is 1. The molecule has 0 aliphatic carbocycles. The van der Waals surface area contributed by atoms with Crippen LogP contribution < -0.4 is 5.73 Å². The lowest BCUT2D eigenvalue weighted by atomic mass is 10.2. The van der Waals surface area contributed by atoms with Crippen molar-refractivity contribution < 1.29 is 0 Å². The molecule has 0 aliphatic heterocycles. The fourth-order valence-electron chi connectivity index (χ4n) is 1.68. The first-order valence-corrected chi connectivity index (χ1v) is 5.49. The normalized spacial score (nSPS) is 10.6. The van der Waals surface area contributed by atoms with E-state index in [9.17, 15) is 0 Å². The number of nitrogens with zero attached hydrogens (tertiary/aromatic N) is 3. The summed E-state index contributed by atoms with van der Waals surface area (Å²) in [7, 11) is 0. The minimum atomic E-state index is 0.530. The predicted octanol–water partition coefficient (Wildman–Crippen LogP) is 2.11. The second kappa shape index (κ2) is 4.35. The van der Waals surface area contributed by atoms with E-state index in [4.69, 9.17) is 5.73 Å². The van der Waals surface area contributed by atoms with Gasteiger partial charge >= 0.3 is 0 Å². The number of aromatic nitrogens is 3. The van der Waals surface area contributed by atoms with Crippen LogP contribution in [0.15, 0.2) is 24.3 Å². The van der Waals surface area contributed by atoms with Crippen LogP contribution in [0.3, 0.4) is 0 Å². The summed E-state index contributed by atoms with van der Waals surface area (Å²) in [4.78, 5) is 0. The van der Waals surface area contributed by atoms with Gasteiger partial charge < -0.3 is 5.73 Å². The molecule has 0 aliphatic rings. The van der Waals surface area contributed by atoms with Crippen LogP contribution in [0.5, 0.6) is 0 Å². The average molecular weight is 216 g/mol. The molecule has 0 saturated heterocycles. The van der Waals surface area contributed by atoms with Crippen LogP contribution in [0, 0.1) is 6.92 Å². The minimum Gasteiger partial charge on any atom is -0.381 e. The zero-order chi connectivity index (χ0) is 11.5. The number of aryl methyl sites for hydroxylation is 1. The van der Waals surface area contributed by atoms with E-state index >= 15 is 0 Å². The molecule has 16 heavy (non-hydrogen) atoms. The lowest BCUT2D eigenvalue weighted by molar-refractivity contribution is 0.745. The van der Waals surface area contributed by atoms with Gasteiger partial charge in [-0.05, 0) is 25.5 Å². The molecule has 2 aromatic rings. The summed E-state index contributed by atoms with van der Waals surface area (Å²) in [5, 5.41) is 8.00. The zero-order valence-electron chi connectivity index (χ0n) is 9.64. The first-order chi connectivity index (χ1) is 7.72. The Hall–Kier alpha value is -1.84. The van der Waals surface area contributed by atoms with E-state index < -0.39 is 0 Å². The van der Waals surface area contributed by atoms with Crippen LogP contribution in [0.1, 0.15) is 24.6 Å². The molecule has 1 heterocycles. The molecule has 0 saturated carbocycles. The molecule has 4 nitrogen and oxygen atoms in total. The molecule has 0 unspecified atom stereocenters. The van der Waals surface area contributed by atoms with Crippen molar-refractivity contribution in [2.45, 2.75) is 26.7 Å². The molecule has 0 amide bonds. The van der Waals surface area contributed by atoms with Crippen LogP contribution in [0.2, 0.25) is 0 Å². The molecular weight excluding hydrogens is 200 g/mol. The van der Waals surface area contributed by atoms with Gasteiger partial charge in [0.05, 0.1) is 11.4 Å². The van der Waals surface area contributed by atoms with E-state index in [1.165, 1.54) is 5.56 Å². The molecule has 1 aromatic carbocycles. The third-order valence-electron chi connectivity index (χ3n) is 2.56. The molecule has 1 aromatic heterocycles. The molecule has 0 fully saturated rings. The maximum Gasteiger partial charge on any atom is 0.169 e. The van der Waals surface area contributed by atoms with Crippen molar-refractivity contribution in [3.63, 3.8) is 0 Å². The monoisotopic (exact) mass is 216 g/mol. The van der Waals surface area contributed by atoms with Crippen LogP contribution in [0.4, 0.5) is 5.82 Å². The summed E-state index contributed by atoms with van der Waals surface area (Å²) in [6, 6.07) is 8.18. The van der Waals surface area contributed by atoms with E-state index in [1.54, 1.807) is 0 Å². The summed E-state index contributed by atoms with van der Waals surface area (Å²) in [6.45, 7) is 4.18. The van der Waals surface area contributed by atoms with Crippen molar-refractivity contribution in [3.8, 4) is 5.69 Å². The van der Waals surface area contributed by atoms with Crippen molar-refractivity contribution in [1.82, 2.24) is 15.0 Å². The van der Waals surface area contributed by atoms with Crippen molar-refractivity contribution in [3.05, 3.63) is 35.5 Å². The molecule has 0 spiro atoms. The van der Waals surface area contributed by atoms with Crippen molar-refractivity contribution in [2.75, 3.05) is 5.73 Å². The maximum absolute atomic E-state index is 5.80. The van der Waals surface area contributed by atoms with Crippen LogP contribution in [-0.4, -0.2) is 15.0 Å². The quantitative estimate of drug-likeness (QED) is 0.854. The molecule has 0 atom stereocenters. The third kappa shape index (κ3) is 1.91. The molecular formula is C12H16N4. The number of rotatable bonds is 3. The second-order valence-corrected chi connectivity index (χ2v) is 3.92. The molecule has 0 radical (unpaired) electrons. The molecule has 0 bridgehead atoms. The van der Waals surface area contributed by atoms with Crippen LogP contribution in [-0.2, 0) is 6.42 Å². The fraction of sp³-hybridized carbons (Fsp3) is 0.333. The van der Waals surface area contributed by atoms with Gasteiger partial charge in [-0.3, -0.25) is 0 Å². The Kier molecular flexibility index (Phi) is 2.90. The molecule has 2 N–H and O–H groups in total. The van der Waals surface area contributed by atoms with Gasteiger partial charge in [-0.1, -0.05) is 36.3 Å². The highest BCUT2D eigenvalue weighted by molar-refractivity contribution is 5.41. The number of nitrogens with two attached hydrogens (primary N) is 1. The number of hydrogen-bond acceptors (Lipinski definition) is 3. The molecule has 4 heteroatoms. The Morgan fingerprint density at radius 1 is 1.25 bits per heavy atom. The van der Waals surface area contributed by atoms with Crippen molar-refractivity contribution >= 4 is 5.82 Å². The summed E-state index contributed by atoms with van der Waals surface area (Å²) >= 11 is 0. The van der Waals surface area contributed by atoms with Gasteiger partial charge in [-0.2, -0.15) is 0 Å². The number of benzene rings is 1. The summed E-state index contributed by atoms with van der Waals surface area (Å²) < 4.78 is 1.82. The van der Waals surface area contributed by atoms with Gasteiger partial charge in [0.1, 0.15) is 0 Å². The SMILES string of the molecule is CCCc1c(N)nnn1-c1ccc(C)cc1. The standard InChI is InChI=1S/C12H16N4/c1-3-4-11-12(13)14-15-16(11)10-7-5-9(2)6-8-10/h5-8H,3-4,13H2,1-2H3. The molecule has 2 rings (SSSR count). The Morgan fingerprint density at radius 2 is 1.94 bits per heavy atom. The summed E-state index contributed by atoms with van der Waals surface area (Å²) in [6.07, 6.45) is 1.93. The second-order valence-electron chi connectivity index (χ2n) is 3.92. The van der Waals surface area contributed by atoms with Gasteiger partial charge in [-0.15, -0.1) is 5.10 Å². The summed E-state index contributed by atoms with van der Waals surface area (Å²) in [5.41, 5.74) is 9.03. The Bertz CT molecular complexity index is 470. The Balaban J connectivity index is 2.43. The van der Waals surface area contributed by atoms with Crippen molar-refractivity contribution in [2.24, 2.45) is 0 Å². The lowest BCUT2D eigenvalue weighted by Gasteiger charge is -2.05. The van der Waals surface area contributed by atoms with Crippen LogP contribution >= 0.6 is 0 Å². The largest absolute Gasteiger partial charge is 0.381 e. The van der Waals surface area contributed by atoms with Crippen LogP contribution in [0.25, 0.3) is 5.69 Å². The highest BCUT2D eigenvalue weighted by atomic mass is 15.4. The van der Waals surface area contributed by atoms with Gasteiger partial charge in [0.25, 0.3) is 0 Å². The number of anilines is 1. The fourth-order valence-corrected chi connectivity index (χ4v) is 1.68. The van der Waals surface area contributed by atoms with Gasteiger partial charge in [0.2, 0.25) is 0 Å². The highest BCUT2D eigenvalue weighted by Crippen LogP contribution is 2.16. The lowest BCUT2D eigenvalue weighted by Crippen LogP contribution is -2.03. The zero-order valence-corrected chi connectivity index (χ0v) is 9.64. The van der Waals surface area contributed by atoms with E-state index in [1.807, 2.05) is 16.8 Å². The first kappa shape index (κ1) is 10.7. The predicted molar refractivity (Wildman–Crippen MR) is 64.5 cm³/mol. The smallest absolute Gasteiger partial charge is 0.169 e. The Labute approximate surface area is 95.1 Å². The summed E-state index contributed by atoms with van der Waals surface area (Å²) in [5.74, 6) is 0.530. The minimum absolute atomic E-state index is 0.530. The van der Waals surface area contributed by atoms with E-state index in [2.05, 4.69) is 36.3 Å². The van der Waals surface area contributed by atoms with Gasteiger partial charge in [0.15, 0.2) is 5.82 Å². The van der Waals surface area contributed by atoms with E-state index in [0.717, 1.165) is 24.2 Å². The first-order valence-electron chi connectivity index (χ1n) is 5.49. The van der Waals surface area contributed by atoms with E-state index in [-0.39, 0.29) is 0 Å². The Morgan fingerprint density at radius 3 is 2.56 bits per heavy atom. The average Bonchev–Trinajstić information content (AvgIpc) is 2.63. The topological polar surface area (TPSA) is 56.7 Å².